The maximum atomic E-state index is 13.5. The lowest BCUT2D eigenvalue weighted by Crippen LogP contribution is -2.27. The number of allylic oxidation sites excluding steroid dienone is 4. The first kappa shape index (κ1) is 93.5. The number of nitrogens with two attached hydrogens (primary N) is 3. The predicted octanol–water partition coefficient (Wildman–Crippen LogP) is 20.6. The molecule has 123 heavy (non-hydrogen) atoms. The molecule has 0 bridgehead atoms. The number of aliphatic hydroxyl groups excluding tert-OH is 1. The second kappa shape index (κ2) is 44.9. The van der Waals surface area contributed by atoms with Gasteiger partial charge in [0.25, 0.3) is 17.7 Å². The molecule has 3 saturated carbocycles. The van der Waals surface area contributed by atoms with Gasteiger partial charge in [-0.2, -0.15) is 54.8 Å². The Labute approximate surface area is 716 Å². The highest BCUT2D eigenvalue weighted by Crippen LogP contribution is 2.43. The number of H-pyrrole nitrogens is 2. The van der Waals surface area contributed by atoms with Crippen molar-refractivity contribution < 1.29 is 63.2 Å². The van der Waals surface area contributed by atoms with E-state index in [-0.39, 0.29) is 58.2 Å². The second-order valence-electron chi connectivity index (χ2n) is 29.4. The van der Waals surface area contributed by atoms with Crippen molar-refractivity contribution in [3.63, 3.8) is 0 Å². The molecular weight excluding hydrogens is 1660 g/mol. The molecule has 0 radical (unpaired) electrons. The number of halogens is 11. The van der Waals surface area contributed by atoms with Crippen molar-refractivity contribution in [3.8, 4) is 17.1 Å². The summed E-state index contributed by atoms with van der Waals surface area (Å²) in [5.41, 5.74) is 19.8. The summed E-state index contributed by atoms with van der Waals surface area (Å²) in [5.74, 6) is 0.313. The van der Waals surface area contributed by atoms with Gasteiger partial charge in [-0.3, -0.25) is 14.4 Å². The maximum Gasteiger partial charge on any atom is 0.435 e. The zero-order valence-corrected chi connectivity index (χ0v) is 68.8. The van der Waals surface area contributed by atoms with E-state index in [4.69, 9.17) is 34.6 Å². The highest BCUT2D eigenvalue weighted by atomic mass is 36.0. The van der Waals surface area contributed by atoms with Crippen molar-refractivity contribution in [2.75, 3.05) is 42.1 Å². The highest BCUT2D eigenvalue weighted by molar-refractivity contribution is 8.26. The normalized spacial score (nSPS) is 14.1. The Bertz CT molecular complexity index is 5450. The van der Waals surface area contributed by atoms with E-state index in [1.165, 1.54) is 87.1 Å². The number of aromatic nitrogens is 8. The number of alkyl halides is 9. The fourth-order valence-corrected chi connectivity index (χ4v) is 13.4. The summed E-state index contributed by atoms with van der Waals surface area (Å²) in [4.78, 5) is 52.3. The number of hydrogen-bond acceptors (Lipinski definition) is 12. The van der Waals surface area contributed by atoms with Crippen LogP contribution in [0.1, 0.15) is 183 Å². The van der Waals surface area contributed by atoms with Gasteiger partial charge in [-0.05, 0) is 181 Å². The summed E-state index contributed by atoms with van der Waals surface area (Å²) < 4.78 is 133. The van der Waals surface area contributed by atoms with Gasteiger partial charge < -0.3 is 53.5 Å². The number of benzene rings is 6. The molecule has 0 spiro atoms. The average molecular weight is 1750 g/mol. The first-order chi connectivity index (χ1) is 59.0. The number of anilines is 3. The van der Waals surface area contributed by atoms with Gasteiger partial charge in [-0.25, -0.2) is 27.9 Å². The predicted molar refractivity (Wildman–Crippen MR) is 459 cm³/mol. The minimum absolute atomic E-state index is 0.141. The van der Waals surface area contributed by atoms with Crippen molar-refractivity contribution in [2.24, 2.45) is 35.0 Å². The number of aromatic amines is 2. The Kier molecular flexibility index (Phi) is 34.1. The molecule has 3 unspecified atom stereocenters. The Morgan fingerprint density at radius 2 is 0.837 bits per heavy atom. The first-order valence-electron chi connectivity index (χ1n) is 39.6. The molecule has 3 atom stereocenters. The number of aliphatic hydroxyl groups is 1. The minimum Gasteiger partial charge on any atom is -0.388 e. The number of carbonyl (C=O) groups excluding carboxylic acids is 3. The lowest BCUT2D eigenvalue weighted by Gasteiger charge is -2.18. The molecule has 13 N–H and O–H groups in total. The summed E-state index contributed by atoms with van der Waals surface area (Å²) in [6.07, 6.45) is 15.6. The van der Waals surface area contributed by atoms with Crippen LogP contribution in [0.25, 0.3) is 26.8 Å². The molecule has 22 nitrogen and oxygen atoms in total. The summed E-state index contributed by atoms with van der Waals surface area (Å²) in [5, 5.41) is 32.5. The zero-order chi connectivity index (χ0) is 88.2. The van der Waals surface area contributed by atoms with Gasteiger partial charge in [0.2, 0.25) is 9.23 Å². The van der Waals surface area contributed by atoms with Crippen LogP contribution in [-0.2, 0) is 34.3 Å². The summed E-state index contributed by atoms with van der Waals surface area (Å²) in [6.45, 7) is 17.7. The van der Waals surface area contributed by atoms with Crippen LogP contribution in [0, 0.1) is 30.9 Å². The number of nitrogens with one attached hydrogen (secondary N) is 6. The minimum atomic E-state index is -4.75. The van der Waals surface area contributed by atoms with Gasteiger partial charge in [-0.15, -0.1) is 0 Å². The summed E-state index contributed by atoms with van der Waals surface area (Å²) in [6, 6.07) is 46.2. The highest BCUT2D eigenvalue weighted by Gasteiger charge is 2.39. The van der Waals surface area contributed by atoms with Crippen molar-refractivity contribution in [3.05, 3.63) is 315 Å². The third-order valence-corrected chi connectivity index (χ3v) is 20.1. The molecule has 4 aliphatic carbocycles. The largest absolute Gasteiger partial charge is 0.435 e. The molecule has 4 aliphatic rings. The summed E-state index contributed by atoms with van der Waals surface area (Å²) >= 11 is 0. The van der Waals surface area contributed by atoms with Crippen LogP contribution in [0.3, 0.4) is 0 Å². The molecule has 15 rings (SSSR count). The van der Waals surface area contributed by atoms with E-state index in [9.17, 15) is 59.0 Å². The molecular formula is C89H92Cl2F9N17O5S. The van der Waals surface area contributed by atoms with Crippen LogP contribution in [0.4, 0.5) is 68.0 Å². The number of hydrogen-bond donors (Lipinski definition) is 10. The first-order valence-corrected chi connectivity index (χ1v) is 42.4. The molecule has 0 saturated heterocycles. The van der Waals surface area contributed by atoms with E-state index in [1.807, 2.05) is 67.3 Å². The third-order valence-electron chi connectivity index (χ3n) is 20.1. The quantitative estimate of drug-likeness (QED) is 0.00947. The van der Waals surface area contributed by atoms with Crippen molar-refractivity contribution >= 4 is 76.7 Å². The molecule has 5 heterocycles. The van der Waals surface area contributed by atoms with Crippen LogP contribution in [0.5, 0.6) is 0 Å². The van der Waals surface area contributed by atoms with Crippen LogP contribution >= 0.6 is 21.4 Å². The van der Waals surface area contributed by atoms with Gasteiger partial charge in [0.1, 0.15) is 17.1 Å². The molecule has 0 aliphatic heterocycles. The number of rotatable bonds is 28. The lowest BCUT2D eigenvalue weighted by atomic mass is 9.88. The Morgan fingerprint density at radius 3 is 1.16 bits per heavy atom. The smallest absolute Gasteiger partial charge is 0.388 e. The van der Waals surface area contributed by atoms with E-state index in [0.29, 0.717) is 65.4 Å². The molecule has 11 aromatic rings. The second-order valence-corrected chi connectivity index (χ2v) is 31.9. The average Bonchev–Trinajstić information content (AvgIpc) is 1.66. The third kappa shape index (κ3) is 29.0. The van der Waals surface area contributed by atoms with E-state index < -0.39 is 68.7 Å². The molecule has 3 amide bonds. The number of amides is 3. The van der Waals surface area contributed by atoms with E-state index >= 15 is 0 Å². The van der Waals surface area contributed by atoms with Gasteiger partial charge in [0, 0.05) is 126 Å². The van der Waals surface area contributed by atoms with Crippen LogP contribution in [0.2, 0.25) is 0 Å². The Balaban J connectivity index is 0.000000177. The summed E-state index contributed by atoms with van der Waals surface area (Å²) in [7, 11) is 7.36. The van der Waals surface area contributed by atoms with Gasteiger partial charge in [-0.1, -0.05) is 136 Å². The van der Waals surface area contributed by atoms with E-state index in [2.05, 4.69) is 108 Å². The van der Waals surface area contributed by atoms with Crippen molar-refractivity contribution in [1.29, 1.82) is 0 Å². The van der Waals surface area contributed by atoms with Crippen molar-refractivity contribution in [2.45, 2.75) is 126 Å². The van der Waals surface area contributed by atoms with Gasteiger partial charge >= 0.3 is 18.5 Å². The number of nitrogens with zero attached hydrogens (tertiary/aromatic N) is 8. The van der Waals surface area contributed by atoms with Crippen LogP contribution in [-0.4, -0.2) is 92.5 Å². The standard InChI is InChI=1S/C28H24F3N5O.C28H28F3N5O.C24H21F3N4O2.C5H6.C4H13N3.Cl2OS/c1-32-21-5-3-7-23(15-21)36-25(16-26(35-36)28(29,30)31)27(37)34-22-6-2-4-19(14-22)24(11-10-18-8-9-18)20-12-13-33-17-20;29-28(30,31)26-15-25(36(35-26)23-6-1-3-19(13-23)16-32)27(37)34-22-5-2-4-20(14-22)24(10-9-18-7-8-18)21-11-12-33-17-21;1-28-17-5-3-7-19(13-17)31-20(14-22(30-31)24(25,26)27)23(33)29-18-6-2-4-16(12-18)21(32)11-10-15-8-9-15;1-2-4-5-3-1;5-1-3-7-4-2-6;1-4(2)3/h2-7,12-18,24,33H,8-11H2,(H,34,37);1-6,11-15,17-18,24,33H,7-10,16,32H2,(H,34,37);2-7,12-15,21,32H,8-11H2,(H,29,33);1-4H,5H2;7H,1-6H2;. The van der Waals surface area contributed by atoms with Crippen LogP contribution < -0.4 is 38.5 Å². The SMILES string of the molecule is C1=CCC=C1.NCCNCCN.NCc1cccc(-n2nc(C(F)(F)F)cc2C(=O)Nc2cccc(C(CCC3CC3)c3cc[nH]c3)c2)c1.O=S(Cl)Cl.[C-]#[N+]c1cccc(-n2nc(C(F)(F)F)cc2C(=O)Nc2cccc(C(CCC3CC3)c3cc[nH]c3)c2)c1.[C-]#[N+]c1cccc(-n2nc(C(F)(F)F)cc2C(=O)Nc2cccc(C(O)CCC3CC3)c2)c1. The van der Waals surface area contributed by atoms with Gasteiger partial charge in [0.15, 0.2) is 28.5 Å². The fraction of sp³-hybridized carbons (Fsp3) is 0.303. The molecule has 34 heteroatoms. The topological polar surface area (TPSA) is 308 Å². The molecule has 5 aromatic heterocycles. The fourth-order valence-electron chi connectivity index (χ4n) is 13.4. The zero-order valence-electron chi connectivity index (χ0n) is 66.5. The number of carbonyl (C=O) groups is 3. The van der Waals surface area contributed by atoms with Gasteiger partial charge in [0.05, 0.1) is 36.3 Å². The Morgan fingerprint density at radius 1 is 0.488 bits per heavy atom. The molecule has 646 valence electrons. The van der Waals surface area contributed by atoms with Crippen molar-refractivity contribution in [1.82, 2.24) is 44.6 Å². The lowest BCUT2D eigenvalue weighted by molar-refractivity contribution is -0.142. The van der Waals surface area contributed by atoms with E-state index in [0.717, 1.165) is 112 Å². The monoisotopic (exact) mass is 1750 g/mol. The maximum absolute atomic E-state index is 13.5. The Hall–Kier alpha value is -11.7. The molecule has 3 fully saturated rings. The molecule has 6 aromatic carbocycles. The van der Waals surface area contributed by atoms with E-state index in [1.54, 1.807) is 60.7 Å². The van der Waals surface area contributed by atoms with Crippen LogP contribution in [0.15, 0.2) is 225 Å².